The standard InChI is InChI=1S/C23H23ClN4O2S/c1-13(2)10-11-28-22(30)17-9-8-15(24)12-19(17)26-23(28)31-14(3)20-25-18-7-5-4-6-16(18)21(29)27-20/h4-9,12-14H,10-11H2,1-3H3,(H,25,27,29). The molecule has 6 nitrogen and oxygen atoms in total. The molecule has 31 heavy (non-hydrogen) atoms. The number of aromatic amines is 1. The molecule has 0 radical (unpaired) electrons. The fourth-order valence-electron chi connectivity index (χ4n) is 3.36. The summed E-state index contributed by atoms with van der Waals surface area (Å²) >= 11 is 7.54. The second kappa shape index (κ2) is 8.85. The minimum Gasteiger partial charge on any atom is -0.309 e. The monoisotopic (exact) mass is 454 g/mol. The molecule has 2 aromatic carbocycles. The van der Waals surface area contributed by atoms with E-state index in [0.29, 0.717) is 50.3 Å². The average Bonchev–Trinajstić information content (AvgIpc) is 2.73. The zero-order valence-electron chi connectivity index (χ0n) is 17.6. The van der Waals surface area contributed by atoms with Crippen molar-refractivity contribution in [3.05, 3.63) is 74.0 Å². The molecule has 8 heteroatoms. The van der Waals surface area contributed by atoms with Gasteiger partial charge in [0.25, 0.3) is 11.1 Å². The number of H-pyrrole nitrogens is 1. The molecular formula is C23H23ClN4O2S. The summed E-state index contributed by atoms with van der Waals surface area (Å²) in [4.78, 5) is 37.9. The highest BCUT2D eigenvalue weighted by molar-refractivity contribution is 7.99. The van der Waals surface area contributed by atoms with Gasteiger partial charge in [-0.2, -0.15) is 0 Å². The quantitative estimate of drug-likeness (QED) is 0.320. The summed E-state index contributed by atoms with van der Waals surface area (Å²) in [5.41, 5.74) is 0.942. The molecule has 0 aliphatic heterocycles. The summed E-state index contributed by atoms with van der Waals surface area (Å²) in [6.07, 6.45) is 0.855. The van der Waals surface area contributed by atoms with Crippen molar-refractivity contribution in [1.82, 2.24) is 19.5 Å². The summed E-state index contributed by atoms with van der Waals surface area (Å²) in [7, 11) is 0. The third-order valence-corrected chi connectivity index (χ3v) is 6.45. The second-order valence-electron chi connectivity index (χ2n) is 7.92. The number of hydrogen-bond acceptors (Lipinski definition) is 5. The molecule has 2 aromatic heterocycles. The minimum absolute atomic E-state index is 0.0861. The van der Waals surface area contributed by atoms with Crippen LogP contribution >= 0.6 is 23.4 Å². The first-order chi connectivity index (χ1) is 14.8. The minimum atomic E-state index is -0.217. The van der Waals surface area contributed by atoms with Gasteiger partial charge in [0, 0.05) is 11.6 Å². The first kappa shape index (κ1) is 21.6. The van der Waals surface area contributed by atoms with Crippen molar-refractivity contribution >= 4 is 45.2 Å². The van der Waals surface area contributed by atoms with Gasteiger partial charge in [-0.1, -0.05) is 49.3 Å². The van der Waals surface area contributed by atoms with Crippen LogP contribution in [0.5, 0.6) is 0 Å². The zero-order valence-corrected chi connectivity index (χ0v) is 19.1. The van der Waals surface area contributed by atoms with Crippen molar-refractivity contribution in [2.45, 2.75) is 44.1 Å². The first-order valence-electron chi connectivity index (χ1n) is 10.2. The van der Waals surface area contributed by atoms with E-state index >= 15 is 0 Å². The predicted octanol–water partition coefficient (Wildman–Crippen LogP) is 5.19. The topological polar surface area (TPSA) is 80.6 Å². The van der Waals surface area contributed by atoms with Crippen LogP contribution in [0.2, 0.25) is 5.02 Å². The van der Waals surface area contributed by atoms with Crippen LogP contribution < -0.4 is 11.1 Å². The van der Waals surface area contributed by atoms with E-state index in [1.807, 2.05) is 25.1 Å². The molecule has 0 fully saturated rings. The zero-order chi connectivity index (χ0) is 22.1. The Kier molecular flexibility index (Phi) is 6.16. The Hall–Kier alpha value is -2.64. The number of hydrogen-bond donors (Lipinski definition) is 1. The number of halogens is 1. The molecule has 0 saturated heterocycles. The highest BCUT2D eigenvalue weighted by atomic mass is 35.5. The lowest BCUT2D eigenvalue weighted by atomic mass is 10.1. The lowest BCUT2D eigenvalue weighted by Crippen LogP contribution is -2.24. The number of benzene rings is 2. The molecule has 0 aliphatic carbocycles. The summed E-state index contributed by atoms with van der Waals surface area (Å²) in [5, 5.41) is 2.00. The van der Waals surface area contributed by atoms with Crippen LogP contribution in [-0.4, -0.2) is 19.5 Å². The van der Waals surface area contributed by atoms with Gasteiger partial charge in [-0.05, 0) is 49.6 Å². The van der Waals surface area contributed by atoms with Crippen molar-refractivity contribution in [2.75, 3.05) is 0 Å². The number of fused-ring (bicyclic) bond motifs is 2. The van der Waals surface area contributed by atoms with Gasteiger partial charge in [-0.25, -0.2) is 9.97 Å². The Morgan fingerprint density at radius 1 is 1.03 bits per heavy atom. The van der Waals surface area contributed by atoms with E-state index in [9.17, 15) is 9.59 Å². The van der Waals surface area contributed by atoms with E-state index in [1.54, 1.807) is 28.8 Å². The van der Waals surface area contributed by atoms with E-state index in [-0.39, 0.29) is 16.4 Å². The van der Waals surface area contributed by atoms with Crippen LogP contribution in [0, 0.1) is 5.92 Å². The molecule has 1 atom stereocenters. The Morgan fingerprint density at radius 3 is 2.58 bits per heavy atom. The maximum Gasteiger partial charge on any atom is 0.262 e. The lowest BCUT2D eigenvalue weighted by molar-refractivity contribution is 0.480. The van der Waals surface area contributed by atoms with Crippen molar-refractivity contribution in [2.24, 2.45) is 5.92 Å². The number of para-hydroxylation sites is 1. The smallest absolute Gasteiger partial charge is 0.262 e. The van der Waals surface area contributed by atoms with Gasteiger partial charge in [0.15, 0.2) is 5.16 Å². The van der Waals surface area contributed by atoms with Gasteiger partial charge in [0.05, 0.1) is 27.1 Å². The first-order valence-corrected chi connectivity index (χ1v) is 11.4. The molecule has 1 N–H and O–H groups in total. The van der Waals surface area contributed by atoms with Gasteiger partial charge in [-0.15, -0.1) is 0 Å². The number of aromatic nitrogens is 4. The number of nitrogens with one attached hydrogen (secondary N) is 1. The molecule has 0 spiro atoms. The van der Waals surface area contributed by atoms with Crippen molar-refractivity contribution in [3.8, 4) is 0 Å². The number of rotatable bonds is 6. The molecule has 0 aliphatic rings. The predicted molar refractivity (Wildman–Crippen MR) is 127 cm³/mol. The van der Waals surface area contributed by atoms with Crippen molar-refractivity contribution in [3.63, 3.8) is 0 Å². The van der Waals surface area contributed by atoms with Gasteiger partial charge >= 0.3 is 0 Å². The van der Waals surface area contributed by atoms with Crippen LogP contribution in [-0.2, 0) is 6.54 Å². The SMILES string of the molecule is CC(C)CCn1c(SC(C)c2nc3ccccc3c(=O)[nH]2)nc2cc(Cl)ccc2c1=O. The number of nitrogens with zero attached hydrogens (tertiary/aromatic N) is 3. The summed E-state index contributed by atoms with van der Waals surface area (Å²) < 4.78 is 1.72. The largest absolute Gasteiger partial charge is 0.309 e. The van der Waals surface area contributed by atoms with Gasteiger partial charge in [-0.3, -0.25) is 14.2 Å². The van der Waals surface area contributed by atoms with Gasteiger partial charge in [0.2, 0.25) is 0 Å². The molecule has 0 bridgehead atoms. The van der Waals surface area contributed by atoms with Gasteiger partial charge < -0.3 is 4.98 Å². The third kappa shape index (κ3) is 4.52. The van der Waals surface area contributed by atoms with Crippen LogP contribution in [0.4, 0.5) is 0 Å². The molecule has 0 amide bonds. The summed E-state index contributed by atoms with van der Waals surface area (Å²) in [5.74, 6) is 0.992. The van der Waals surface area contributed by atoms with Crippen molar-refractivity contribution in [1.29, 1.82) is 0 Å². The second-order valence-corrected chi connectivity index (χ2v) is 9.67. The molecule has 2 heterocycles. The number of thioether (sulfide) groups is 1. The average molecular weight is 455 g/mol. The third-order valence-electron chi connectivity index (χ3n) is 5.11. The van der Waals surface area contributed by atoms with Crippen LogP contribution in [0.1, 0.15) is 38.3 Å². The maximum atomic E-state index is 13.2. The normalized spacial score (nSPS) is 12.7. The van der Waals surface area contributed by atoms with Crippen LogP contribution in [0.15, 0.2) is 57.2 Å². The molecule has 4 rings (SSSR count). The highest BCUT2D eigenvalue weighted by Gasteiger charge is 2.18. The molecule has 1 unspecified atom stereocenters. The van der Waals surface area contributed by atoms with Crippen LogP contribution in [0.3, 0.4) is 0 Å². The fourth-order valence-corrected chi connectivity index (χ4v) is 4.52. The van der Waals surface area contributed by atoms with Crippen molar-refractivity contribution < 1.29 is 0 Å². The Labute approximate surface area is 188 Å². The Bertz CT molecular complexity index is 1380. The molecule has 0 saturated carbocycles. The Morgan fingerprint density at radius 2 is 1.81 bits per heavy atom. The van der Waals surface area contributed by atoms with E-state index in [1.165, 1.54) is 11.8 Å². The highest BCUT2D eigenvalue weighted by Crippen LogP contribution is 2.32. The molecule has 4 aromatic rings. The molecular weight excluding hydrogens is 432 g/mol. The van der Waals surface area contributed by atoms with Crippen LogP contribution in [0.25, 0.3) is 21.8 Å². The summed E-state index contributed by atoms with van der Waals surface area (Å²) in [6.45, 7) is 6.76. The van der Waals surface area contributed by atoms with E-state index in [2.05, 4.69) is 23.8 Å². The molecule has 160 valence electrons. The van der Waals surface area contributed by atoms with Gasteiger partial charge in [0.1, 0.15) is 5.82 Å². The summed E-state index contributed by atoms with van der Waals surface area (Å²) in [6, 6.07) is 12.4. The fraction of sp³-hybridized carbons (Fsp3) is 0.304. The Balaban J connectivity index is 1.78. The maximum absolute atomic E-state index is 13.2. The van der Waals surface area contributed by atoms with E-state index < -0.39 is 0 Å². The van der Waals surface area contributed by atoms with E-state index in [0.717, 1.165) is 6.42 Å². The van der Waals surface area contributed by atoms with E-state index in [4.69, 9.17) is 16.6 Å². The lowest BCUT2D eigenvalue weighted by Gasteiger charge is -2.17.